The van der Waals surface area contributed by atoms with E-state index in [0.29, 0.717) is 17.5 Å². The van der Waals surface area contributed by atoms with Crippen LogP contribution in [0.1, 0.15) is 48.4 Å². The van der Waals surface area contributed by atoms with E-state index >= 15 is 0 Å². The molecule has 5 rings (SSSR count). The van der Waals surface area contributed by atoms with Gasteiger partial charge in [-0.3, -0.25) is 19.5 Å². The molecule has 8 heteroatoms. The molecule has 0 unspecified atom stereocenters. The Balaban J connectivity index is 1.06. The zero-order chi connectivity index (χ0) is 27.9. The minimum Gasteiger partial charge on any atom is -0.342 e. The van der Waals surface area contributed by atoms with Gasteiger partial charge < -0.3 is 10.2 Å². The number of nitrogens with zero attached hydrogens (tertiary/aromatic N) is 3. The van der Waals surface area contributed by atoms with Crippen LogP contribution < -0.4 is 5.32 Å². The highest BCUT2D eigenvalue weighted by Crippen LogP contribution is 2.31. The Morgan fingerprint density at radius 3 is 2.35 bits per heavy atom. The van der Waals surface area contributed by atoms with E-state index in [0.717, 1.165) is 76.2 Å². The van der Waals surface area contributed by atoms with E-state index < -0.39 is 17.5 Å². The van der Waals surface area contributed by atoms with Crippen LogP contribution in [0.15, 0.2) is 72.9 Å². The second-order valence-electron chi connectivity index (χ2n) is 10.6. The fourth-order valence-corrected chi connectivity index (χ4v) is 5.57. The summed E-state index contributed by atoms with van der Waals surface area (Å²) in [5, 5.41) is 2.77. The van der Waals surface area contributed by atoms with Gasteiger partial charge >= 0.3 is 0 Å². The third-order valence-electron chi connectivity index (χ3n) is 7.88. The van der Waals surface area contributed by atoms with Gasteiger partial charge in [0.05, 0.1) is 5.69 Å². The molecule has 3 aromatic rings. The van der Waals surface area contributed by atoms with Crippen molar-refractivity contribution in [1.82, 2.24) is 14.8 Å². The van der Waals surface area contributed by atoms with E-state index in [1.807, 2.05) is 53.6 Å². The Labute approximate surface area is 233 Å². The van der Waals surface area contributed by atoms with Gasteiger partial charge in [-0.25, -0.2) is 8.78 Å². The maximum atomic E-state index is 13.7. The monoisotopic (exact) mass is 544 g/mol. The fraction of sp³-hybridized carbons (Fsp3) is 0.344. The highest BCUT2D eigenvalue weighted by molar-refractivity contribution is 6.01. The molecule has 40 heavy (non-hydrogen) atoms. The minimum absolute atomic E-state index is 0.105. The first-order valence-corrected chi connectivity index (χ1v) is 13.9. The minimum atomic E-state index is -0.719. The summed E-state index contributed by atoms with van der Waals surface area (Å²) in [7, 11) is 0. The predicted octanol–water partition coefficient (Wildman–Crippen LogP) is 5.63. The number of aromatic nitrogens is 1. The lowest BCUT2D eigenvalue weighted by Gasteiger charge is -2.37. The van der Waals surface area contributed by atoms with Crippen LogP contribution in [0.4, 0.5) is 14.5 Å². The Morgan fingerprint density at radius 1 is 0.925 bits per heavy atom. The van der Waals surface area contributed by atoms with Crippen LogP contribution in [-0.2, 0) is 16.1 Å². The molecule has 0 bridgehead atoms. The SMILES string of the molecule is O=C(/C=C/c1ccc(F)cc1F)Nc1ccc(C2CCN(C(=O)C3CCN(Cc4ccccn4)CC3)CC2)cc1. The molecule has 0 aliphatic carbocycles. The summed E-state index contributed by atoms with van der Waals surface area (Å²) in [6, 6.07) is 16.9. The van der Waals surface area contributed by atoms with Crippen molar-refractivity contribution in [3.05, 3.63) is 101 Å². The van der Waals surface area contributed by atoms with E-state index in [1.54, 1.807) is 0 Å². The molecule has 2 saturated heterocycles. The third kappa shape index (κ3) is 7.18. The van der Waals surface area contributed by atoms with E-state index in [-0.39, 0.29) is 11.5 Å². The number of nitrogens with one attached hydrogen (secondary N) is 1. The van der Waals surface area contributed by atoms with Crippen molar-refractivity contribution >= 4 is 23.6 Å². The van der Waals surface area contributed by atoms with E-state index in [1.165, 1.54) is 23.8 Å². The summed E-state index contributed by atoms with van der Waals surface area (Å²) in [6.45, 7) is 4.21. The summed E-state index contributed by atoms with van der Waals surface area (Å²) in [5.41, 5.74) is 3.04. The summed E-state index contributed by atoms with van der Waals surface area (Å²) >= 11 is 0. The number of amides is 2. The molecular formula is C32H34F2N4O2. The van der Waals surface area contributed by atoms with Gasteiger partial charge in [-0.1, -0.05) is 18.2 Å². The van der Waals surface area contributed by atoms with Crippen LogP contribution in [0.3, 0.4) is 0 Å². The zero-order valence-corrected chi connectivity index (χ0v) is 22.4. The van der Waals surface area contributed by atoms with Crippen molar-refractivity contribution in [3.8, 4) is 0 Å². The highest BCUT2D eigenvalue weighted by atomic mass is 19.1. The first-order valence-electron chi connectivity index (χ1n) is 13.9. The van der Waals surface area contributed by atoms with Crippen molar-refractivity contribution in [3.63, 3.8) is 0 Å². The number of carbonyl (C=O) groups excluding carboxylic acids is 2. The molecule has 1 N–H and O–H groups in total. The molecule has 2 aliphatic heterocycles. The van der Waals surface area contributed by atoms with Crippen LogP contribution in [0.5, 0.6) is 0 Å². The maximum Gasteiger partial charge on any atom is 0.248 e. The largest absolute Gasteiger partial charge is 0.342 e. The van der Waals surface area contributed by atoms with Crippen LogP contribution in [-0.4, -0.2) is 52.8 Å². The molecule has 0 saturated carbocycles. The molecule has 2 aromatic carbocycles. The van der Waals surface area contributed by atoms with Crippen molar-refractivity contribution in [1.29, 1.82) is 0 Å². The standard InChI is InChI=1S/C32H34F2N4O2/c33-27-8-4-25(30(34)21-27)7-11-31(39)36-28-9-5-23(6-10-28)24-14-19-38(20-15-24)32(40)26-12-17-37(18-13-26)22-29-3-1-2-16-35-29/h1-11,16,21,24,26H,12-15,17-20,22H2,(H,36,39)/b11-7+. The average molecular weight is 545 g/mol. The smallest absolute Gasteiger partial charge is 0.248 e. The van der Waals surface area contributed by atoms with Gasteiger partial charge in [0.25, 0.3) is 0 Å². The topological polar surface area (TPSA) is 65.5 Å². The van der Waals surface area contributed by atoms with Crippen molar-refractivity contribution in [2.24, 2.45) is 5.92 Å². The van der Waals surface area contributed by atoms with Crippen molar-refractivity contribution < 1.29 is 18.4 Å². The molecule has 6 nitrogen and oxygen atoms in total. The molecule has 2 fully saturated rings. The number of anilines is 1. The Hall–Kier alpha value is -3.91. The number of pyridine rings is 1. The first-order chi connectivity index (χ1) is 19.4. The van der Waals surface area contributed by atoms with Crippen LogP contribution in [0.25, 0.3) is 6.08 Å². The molecular weight excluding hydrogens is 510 g/mol. The summed E-state index contributed by atoms with van der Waals surface area (Å²) < 4.78 is 26.8. The second-order valence-corrected chi connectivity index (χ2v) is 10.6. The van der Waals surface area contributed by atoms with Gasteiger partial charge in [0.15, 0.2) is 0 Å². The number of carbonyl (C=O) groups is 2. The molecule has 2 aliphatic rings. The van der Waals surface area contributed by atoms with Gasteiger partial charge in [-0.15, -0.1) is 0 Å². The van der Waals surface area contributed by atoms with Gasteiger partial charge in [0.2, 0.25) is 11.8 Å². The normalized spacial score (nSPS) is 17.3. The molecule has 0 radical (unpaired) electrons. The van der Waals surface area contributed by atoms with Gasteiger partial charge in [0.1, 0.15) is 11.6 Å². The van der Waals surface area contributed by atoms with Gasteiger partial charge in [-0.05, 0) is 92.7 Å². The van der Waals surface area contributed by atoms with Crippen molar-refractivity contribution in [2.75, 3.05) is 31.5 Å². The van der Waals surface area contributed by atoms with Gasteiger partial charge in [0, 0.05) is 55.1 Å². The predicted molar refractivity (Wildman–Crippen MR) is 151 cm³/mol. The Morgan fingerprint density at radius 2 is 1.68 bits per heavy atom. The lowest BCUT2D eigenvalue weighted by Crippen LogP contribution is -2.45. The zero-order valence-electron chi connectivity index (χ0n) is 22.4. The quantitative estimate of drug-likeness (QED) is 0.392. The highest BCUT2D eigenvalue weighted by Gasteiger charge is 2.31. The molecule has 0 spiro atoms. The number of piperidine rings is 2. The maximum absolute atomic E-state index is 13.7. The number of hydrogen-bond acceptors (Lipinski definition) is 4. The average Bonchev–Trinajstić information content (AvgIpc) is 2.98. The molecule has 3 heterocycles. The molecule has 1 aromatic heterocycles. The molecule has 208 valence electrons. The Bertz CT molecular complexity index is 1330. The van der Waals surface area contributed by atoms with E-state index in [4.69, 9.17) is 0 Å². The van der Waals surface area contributed by atoms with Gasteiger partial charge in [-0.2, -0.15) is 0 Å². The summed E-state index contributed by atoms with van der Waals surface area (Å²) in [6.07, 6.45) is 7.99. The third-order valence-corrected chi connectivity index (χ3v) is 7.88. The number of benzene rings is 2. The number of likely N-dealkylation sites (tertiary alicyclic amines) is 2. The fourth-order valence-electron chi connectivity index (χ4n) is 5.57. The molecule has 2 amide bonds. The second kappa shape index (κ2) is 13.0. The lowest BCUT2D eigenvalue weighted by molar-refractivity contribution is -0.138. The van der Waals surface area contributed by atoms with E-state index in [9.17, 15) is 18.4 Å². The first kappa shape index (κ1) is 27.6. The Kier molecular flexibility index (Phi) is 8.96. The van der Waals surface area contributed by atoms with Crippen LogP contribution in [0.2, 0.25) is 0 Å². The lowest BCUT2D eigenvalue weighted by atomic mass is 9.88. The summed E-state index contributed by atoms with van der Waals surface area (Å²) in [5.74, 6) is -1.01. The van der Waals surface area contributed by atoms with E-state index in [2.05, 4.69) is 15.2 Å². The number of rotatable bonds is 7. The van der Waals surface area contributed by atoms with Crippen LogP contribution in [0, 0.1) is 17.6 Å². The molecule has 0 atom stereocenters. The van der Waals surface area contributed by atoms with Crippen LogP contribution >= 0.6 is 0 Å². The number of halogens is 2. The van der Waals surface area contributed by atoms with Crippen molar-refractivity contribution in [2.45, 2.75) is 38.1 Å². The number of hydrogen-bond donors (Lipinski definition) is 1. The summed E-state index contributed by atoms with van der Waals surface area (Å²) in [4.78, 5) is 34.3.